The molecule has 0 atom stereocenters. The van der Waals surface area contributed by atoms with Crippen molar-refractivity contribution >= 4 is 6.09 Å². The Hall–Kier alpha value is -2.03. The van der Waals surface area contributed by atoms with Crippen molar-refractivity contribution in [3.05, 3.63) is 60.3 Å². The molecule has 0 spiro atoms. The molecule has 1 aromatic rings. The second-order valence-electron chi connectivity index (χ2n) is 4.88. The van der Waals surface area contributed by atoms with E-state index < -0.39 is 0 Å². The molecule has 3 heteroatoms. The Morgan fingerprint density at radius 2 is 2.10 bits per heavy atom. The molecule has 1 aliphatic heterocycles. The average molecular weight is 271 g/mol. The molecular weight excluding hydrogens is 250 g/mol. The molecule has 0 aromatic heterocycles. The van der Waals surface area contributed by atoms with Crippen LogP contribution >= 0.6 is 0 Å². The molecule has 20 heavy (non-hydrogen) atoms. The summed E-state index contributed by atoms with van der Waals surface area (Å²) in [5, 5.41) is 0. The van der Waals surface area contributed by atoms with Crippen molar-refractivity contribution in [1.29, 1.82) is 0 Å². The Morgan fingerprint density at radius 1 is 1.30 bits per heavy atom. The predicted octanol–water partition coefficient (Wildman–Crippen LogP) is 4.27. The van der Waals surface area contributed by atoms with Crippen LogP contribution < -0.4 is 0 Å². The van der Waals surface area contributed by atoms with Crippen LogP contribution in [0.5, 0.6) is 0 Å². The number of nitrogens with zero attached hydrogens (tertiary/aromatic N) is 1. The smallest absolute Gasteiger partial charge is 0.414 e. The number of rotatable bonds is 4. The van der Waals surface area contributed by atoms with Crippen LogP contribution in [0.3, 0.4) is 0 Å². The van der Waals surface area contributed by atoms with Crippen molar-refractivity contribution in [2.24, 2.45) is 0 Å². The maximum absolute atomic E-state index is 12.2. The number of hydrogen-bond acceptors (Lipinski definition) is 2. The fourth-order valence-corrected chi connectivity index (χ4v) is 2.28. The molecule has 0 saturated carbocycles. The summed E-state index contributed by atoms with van der Waals surface area (Å²) in [5.74, 6) is 0. The van der Waals surface area contributed by atoms with E-state index in [-0.39, 0.29) is 6.09 Å². The lowest BCUT2D eigenvalue weighted by molar-refractivity contribution is 0.106. The Labute approximate surface area is 120 Å². The average Bonchev–Trinajstić information content (AvgIpc) is 2.72. The van der Waals surface area contributed by atoms with Gasteiger partial charge < -0.3 is 4.74 Å². The first kappa shape index (κ1) is 14.4. The Bertz CT molecular complexity index is 479. The molecule has 0 saturated heterocycles. The third kappa shape index (κ3) is 3.98. The molecule has 1 aliphatic rings. The lowest BCUT2D eigenvalue weighted by atomic mass is 10.2. The standard InChI is InChI=1S/C17H21NO2/c1-2-9-16-12-7-4-8-13-18(16)17(19)20-14-15-10-5-3-6-11-15/h2-3,5-6,10-12H,1,4,7-9,13-14H2. The van der Waals surface area contributed by atoms with Crippen LogP contribution in [0.25, 0.3) is 0 Å². The highest BCUT2D eigenvalue weighted by atomic mass is 16.6. The highest BCUT2D eigenvalue weighted by Crippen LogP contribution is 2.19. The Morgan fingerprint density at radius 3 is 2.85 bits per heavy atom. The number of carbonyl (C=O) groups is 1. The molecule has 0 aliphatic carbocycles. The first-order chi connectivity index (χ1) is 9.81. The monoisotopic (exact) mass is 271 g/mol. The molecule has 3 nitrogen and oxygen atoms in total. The minimum atomic E-state index is -0.260. The van der Waals surface area contributed by atoms with E-state index in [9.17, 15) is 4.79 Å². The molecule has 1 amide bonds. The fraction of sp³-hybridized carbons (Fsp3) is 0.353. The second-order valence-corrected chi connectivity index (χ2v) is 4.88. The number of carbonyl (C=O) groups excluding carboxylic acids is 1. The summed E-state index contributed by atoms with van der Waals surface area (Å²) in [7, 11) is 0. The van der Waals surface area contributed by atoms with Gasteiger partial charge in [0.15, 0.2) is 0 Å². The maximum atomic E-state index is 12.2. The summed E-state index contributed by atoms with van der Waals surface area (Å²) in [6, 6.07) is 9.74. The number of ether oxygens (including phenoxy) is 1. The van der Waals surface area contributed by atoms with E-state index in [0.29, 0.717) is 13.0 Å². The largest absolute Gasteiger partial charge is 0.444 e. The van der Waals surface area contributed by atoms with E-state index in [0.717, 1.165) is 37.1 Å². The van der Waals surface area contributed by atoms with Gasteiger partial charge in [-0.1, -0.05) is 42.5 Å². The van der Waals surface area contributed by atoms with E-state index >= 15 is 0 Å². The van der Waals surface area contributed by atoms with Gasteiger partial charge in [0, 0.05) is 18.7 Å². The van der Waals surface area contributed by atoms with Crippen molar-refractivity contribution in [1.82, 2.24) is 4.90 Å². The maximum Gasteiger partial charge on any atom is 0.414 e. The number of amides is 1. The van der Waals surface area contributed by atoms with Crippen LogP contribution in [0.2, 0.25) is 0 Å². The second kappa shape index (κ2) is 7.53. The summed E-state index contributed by atoms with van der Waals surface area (Å²) < 4.78 is 5.41. The summed E-state index contributed by atoms with van der Waals surface area (Å²) in [4.78, 5) is 14.0. The van der Waals surface area contributed by atoms with Crippen LogP contribution in [0.1, 0.15) is 31.2 Å². The Balaban J connectivity index is 1.97. The fourth-order valence-electron chi connectivity index (χ4n) is 2.28. The highest BCUT2D eigenvalue weighted by Gasteiger charge is 2.20. The molecule has 0 fully saturated rings. The van der Waals surface area contributed by atoms with E-state index in [2.05, 4.69) is 12.7 Å². The molecular formula is C17H21NO2. The van der Waals surface area contributed by atoms with Crippen LogP contribution in [0.4, 0.5) is 4.79 Å². The molecule has 0 bridgehead atoms. The zero-order chi connectivity index (χ0) is 14.2. The van der Waals surface area contributed by atoms with Gasteiger partial charge in [-0.05, 0) is 24.8 Å². The predicted molar refractivity (Wildman–Crippen MR) is 80.1 cm³/mol. The lowest BCUT2D eigenvalue weighted by Gasteiger charge is -2.23. The molecule has 1 heterocycles. The molecule has 106 valence electrons. The molecule has 0 radical (unpaired) electrons. The molecule has 1 aromatic carbocycles. The van der Waals surface area contributed by atoms with E-state index in [4.69, 9.17) is 4.74 Å². The van der Waals surface area contributed by atoms with Gasteiger partial charge in [0.05, 0.1) is 0 Å². The minimum Gasteiger partial charge on any atom is -0.444 e. The summed E-state index contributed by atoms with van der Waals surface area (Å²) in [6.45, 7) is 4.80. The number of hydrogen-bond donors (Lipinski definition) is 0. The van der Waals surface area contributed by atoms with E-state index in [1.165, 1.54) is 0 Å². The van der Waals surface area contributed by atoms with Crippen LogP contribution in [-0.4, -0.2) is 17.5 Å². The van der Waals surface area contributed by atoms with Gasteiger partial charge in [-0.25, -0.2) is 4.79 Å². The van der Waals surface area contributed by atoms with Crippen molar-refractivity contribution in [2.75, 3.05) is 6.54 Å². The van der Waals surface area contributed by atoms with Gasteiger partial charge in [-0.3, -0.25) is 4.90 Å². The third-order valence-electron chi connectivity index (χ3n) is 3.34. The van der Waals surface area contributed by atoms with Crippen molar-refractivity contribution < 1.29 is 9.53 Å². The summed E-state index contributed by atoms with van der Waals surface area (Å²) >= 11 is 0. The molecule has 2 rings (SSSR count). The zero-order valence-corrected chi connectivity index (χ0v) is 11.8. The van der Waals surface area contributed by atoms with Gasteiger partial charge >= 0.3 is 6.09 Å². The van der Waals surface area contributed by atoms with Gasteiger partial charge in [-0.15, -0.1) is 6.58 Å². The summed E-state index contributed by atoms with van der Waals surface area (Å²) in [5.41, 5.74) is 2.01. The zero-order valence-electron chi connectivity index (χ0n) is 11.8. The quantitative estimate of drug-likeness (QED) is 0.765. The van der Waals surface area contributed by atoms with Gasteiger partial charge in [0.2, 0.25) is 0 Å². The van der Waals surface area contributed by atoms with Crippen molar-refractivity contribution in [3.63, 3.8) is 0 Å². The number of benzene rings is 1. The first-order valence-corrected chi connectivity index (χ1v) is 7.09. The molecule has 0 unspecified atom stereocenters. The van der Waals surface area contributed by atoms with E-state index in [1.54, 1.807) is 4.90 Å². The topological polar surface area (TPSA) is 29.5 Å². The molecule has 0 N–H and O–H groups in total. The lowest BCUT2D eigenvalue weighted by Crippen LogP contribution is -2.31. The van der Waals surface area contributed by atoms with Gasteiger partial charge in [0.25, 0.3) is 0 Å². The van der Waals surface area contributed by atoms with Crippen molar-refractivity contribution in [3.8, 4) is 0 Å². The minimum absolute atomic E-state index is 0.260. The summed E-state index contributed by atoms with van der Waals surface area (Å²) in [6.07, 6.45) is 7.55. The SMILES string of the molecule is C=CCC1=CCCCCN1C(=O)OCc1ccccc1. The third-order valence-corrected chi connectivity index (χ3v) is 3.34. The van der Waals surface area contributed by atoms with Crippen LogP contribution in [0, 0.1) is 0 Å². The van der Waals surface area contributed by atoms with Gasteiger partial charge in [0.1, 0.15) is 6.61 Å². The van der Waals surface area contributed by atoms with Crippen LogP contribution in [0.15, 0.2) is 54.8 Å². The first-order valence-electron chi connectivity index (χ1n) is 7.09. The number of allylic oxidation sites excluding steroid dienone is 2. The van der Waals surface area contributed by atoms with Crippen molar-refractivity contribution in [2.45, 2.75) is 32.3 Å². The van der Waals surface area contributed by atoms with Crippen LogP contribution in [-0.2, 0) is 11.3 Å². The van der Waals surface area contributed by atoms with Gasteiger partial charge in [-0.2, -0.15) is 0 Å². The normalized spacial score (nSPS) is 15.2. The Kier molecular flexibility index (Phi) is 5.42. The van der Waals surface area contributed by atoms with E-state index in [1.807, 2.05) is 36.4 Å². The highest BCUT2D eigenvalue weighted by molar-refractivity contribution is 5.70.